The van der Waals surface area contributed by atoms with Crippen molar-refractivity contribution in [3.8, 4) is 16.9 Å². The van der Waals surface area contributed by atoms with Gasteiger partial charge in [-0.2, -0.15) is 8.78 Å². The minimum absolute atomic E-state index is 0.0162. The van der Waals surface area contributed by atoms with Gasteiger partial charge in [-0.15, -0.1) is 0 Å². The van der Waals surface area contributed by atoms with E-state index >= 15 is 8.78 Å². The van der Waals surface area contributed by atoms with Gasteiger partial charge in [0.05, 0.1) is 6.10 Å². The molecular formula is C35H37F2N3O2S. The fraction of sp³-hybridized carbons (Fsp3) is 0.343. The van der Waals surface area contributed by atoms with Crippen molar-refractivity contribution in [1.29, 1.82) is 0 Å². The van der Waals surface area contributed by atoms with Gasteiger partial charge in [-0.25, -0.2) is 4.72 Å². The Morgan fingerprint density at radius 2 is 1.51 bits per heavy atom. The summed E-state index contributed by atoms with van der Waals surface area (Å²) >= 11 is 1.05. The summed E-state index contributed by atoms with van der Waals surface area (Å²) in [5.74, 6) is -3.23. The maximum atomic E-state index is 16.2. The molecule has 1 aliphatic heterocycles. The first kappa shape index (κ1) is 29.6. The summed E-state index contributed by atoms with van der Waals surface area (Å²) in [7, 11) is 0. The number of benzene rings is 4. The molecule has 0 bridgehead atoms. The van der Waals surface area contributed by atoms with E-state index < -0.39 is 17.9 Å². The molecule has 6 rings (SSSR count). The van der Waals surface area contributed by atoms with Gasteiger partial charge < -0.3 is 15.4 Å². The maximum absolute atomic E-state index is 16.2. The van der Waals surface area contributed by atoms with Crippen LogP contribution in [0.1, 0.15) is 44.1 Å². The Balaban J connectivity index is 1.22. The van der Waals surface area contributed by atoms with Gasteiger partial charge in [0, 0.05) is 29.6 Å². The number of alkyl halides is 2. The third-order valence-corrected chi connectivity index (χ3v) is 9.36. The molecule has 5 nitrogen and oxygen atoms in total. The summed E-state index contributed by atoms with van der Waals surface area (Å²) in [6.45, 7) is 0.736. The van der Waals surface area contributed by atoms with Gasteiger partial charge in [0.25, 0.3) is 5.92 Å². The summed E-state index contributed by atoms with van der Waals surface area (Å²) in [6, 6.07) is 25.8. The fourth-order valence-corrected chi connectivity index (χ4v) is 6.75. The van der Waals surface area contributed by atoms with Crippen molar-refractivity contribution < 1.29 is 18.3 Å². The topological polar surface area (TPSA) is 67.6 Å². The number of nitrogens with one attached hydrogen (secondary N) is 1. The molecule has 224 valence electrons. The van der Waals surface area contributed by atoms with Crippen LogP contribution in [0.2, 0.25) is 0 Å². The summed E-state index contributed by atoms with van der Waals surface area (Å²) < 4.78 is 41.5. The summed E-state index contributed by atoms with van der Waals surface area (Å²) in [6.07, 6.45) is 6.06. The van der Waals surface area contributed by atoms with Gasteiger partial charge in [0.1, 0.15) is 5.75 Å². The number of halogens is 2. The van der Waals surface area contributed by atoms with E-state index in [1.807, 2.05) is 66.7 Å². The predicted molar refractivity (Wildman–Crippen MR) is 169 cm³/mol. The molecule has 3 N–H and O–H groups in total. The van der Waals surface area contributed by atoms with Crippen molar-refractivity contribution in [3.63, 3.8) is 0 Å². The number of ether oxygens (including phenoxy) is 1. The number of carbonyl (C=O) groups excluding carboxylic acids is 1. The molecule has 8 heteroatoms. The zero-order valence-corrected chi connectivity index (χ0v) is 24.9. The summed E-state index contributed by atoms with van der Waals surface area (Å²) in [4.78, 5) is 15.9. The number of nitrogens with two attached hydrogens (primary N) is 1. The molecule has 1 unspecified atom stereocenters. The Morgan fingerprint density at radius 3 is 2.23 bits per heavy atom. The van der Waals surface area contributed by atoms with Gasteiger partial charge in [0.15, 0.2) is 6.04 Å². The normalized spacial score (nSPS) is 17.3. The molecule has 1 saturated heterocycles. The molecule has 1 atom stereocenters. The van der Waals surface area contributed by atoms with Crippen LogP contribution in [0.4, 0.5) is 8.78 Å². The third-order valence-electron chi connectivity index (χ3n) is 8.52. The lowest BCUT2D eigenvalue weighted by Gasteiger charge is -2.35. The standard InChI is InChI=1S/C35H37F2N3O2S/c36-35(37,28-14-10-25(11-15-28)24-6-2-1-3-7-24)33(34(41)40-20-18-29(38)19-21-40)39-43-32-17-13-26-22-31(16-12-27(26)23-32)42-30-8-4-5-9-30/h1-3,6-7,10-17,22-23,29-30,33,39H,4-5,8-9,18-21,38H2. The number of hydrogen-bond donors (Lipinski definition) is 2. The maximum Gasteiger partial charge on any atom is 0.298 e. The van der Waals surface area contributed by atoms with Crippen molar-refractivity contribution in [3.05, 3.63) is 96.6 Å². The third kappa shape index (κ3) is 6.87. The molecule has 4 aromatic rings. The SMILES string of the molecule is NC1CCN(C(=O)C(NSc2ccc3cc(OC4CCCC4)ccc3c2)C(F)(F)c2ccc(-c3ccccc3)cc2)CC1. The second-order valence-electron chi connectivity index (χ2n) is 11.6. The van der Waals surface area contributed by atoms with E-state index in [1.165, 1.54) is 29.9 Å². The lowest BCUT2D eigenvalue weighted by Crippen LogP contribution is -2.55. The van der Waals surface area contributed by atoms with Crippen LogP contribution in [-0.2, 0) is 10.7 Å². The van der Waals surface area contributed by atoms with E-state index in [4.69, 9.17) is 10.5 Å². The molecule has 2 aliphatic rings. The molecule has 1 heterocycles. The van der Waals surface area contributed by atoms with Gasteiger partial charge in [0.2, 0.25) is 5.91 Å². The lowest BCUT2D eigenvalue weighted by atomic mass is 9.96. The van der Waals surface area contributed by atoms with Gasteiger partial charge in [-0.3, -0.25) is 4.79 Å². The van der Waals surface area contributed by atoms with Gasteiger partial charge >= 0.3 is 0 Å². The number of piperidine rings is 1. The van der Waals surface area contributed by atoms with Crippen LogP contribution in [0, 0.1) is 0 Å². The van der Waals surface area contributed by atoms with Crippen molar-refractivity contribution in [1.82, 2.24) is 9.62 Å². The van der Waals surface area contributed by atoms with E-state index in [9.17, 15) is 4.79 Å². The first-order valence-corrected chi connectivity index (χ1v) is 15.9. The Morgan fingerprint density at radius 1 is 0.860 bits per heavy atom. The molecule has 1 amide bonds. The van der Waals surface area contributed by atoms with E-state index in [0.717, 1.165) is 57.3 Å². The number of hydrogen-bond acceptors (Lipinski definition) is 5. The zero-order valence-electron chi connectivity index (χ0n) is 24.1. The predicted octanol–water partition coefficient (Wildman–Crippen LogP) is 7.54. The Labute approximate surface area is 255 Å². The number of rotatable bonds is 9. The first-order valence-electron chi connectivity index (χ1n) is 15.1. The van der Waals surface area contributed by atoms with Crippen LogP contribution >= 0.6 is 11.9 Å². The van der Waals surface area contributed by atoms with E-state index in [0.29, 0.717) is 25.9 Å². The number of likely N-dealkylation sites (tertiary alicyclic amines) is 1. The molecule has 1 saturated carbocycles. The lowest BCUT2D eigenvalue weighted by molar-refractivity contribution is -0.145. The second-order valence-corrected chi connectivity index (χ2v) is 12.5. The molecule has 2 fully saturated rings. The minimum Gasteiger partial charge on any atom is -0.490 e. The van der Waals surface area contributed by atoms with E-state index in [2.05, 4.69) is 4.72 Å². The van der Waals surface area contributed by atoms with Crippen molar-refractivity contribution in [2.45, 2.75) is 67.5 Å². The highest BCUT2D eigenvalue weighted by atomic mass is 32.2. The van der Waals surface area contributed by atoms with E-state index in [-0.39, 0.29) is 17.7 Å². The number of amides is 1. The largest absolute Gasteiger partial charge is 0.490 e. The van der Waals surface area contributed by atoms with Crippen LogP contribution in [-0.4, -0.2) is 42.1 Å². The number of carbonyl (C=O) groups is 1. The zero-order chi connectivity index (χ0) is 29.8. The molecule has 4 aromatic carbocycles. The van der Waals surface area contributed by atoms with Gasteiger partial charge in [-0.1, -0.05) is 66.7 Å². The summed E-state index contributed by atoms with van der Waals surface area (Å²) in [5.41, 5.74) is 7.60. The highest BCUT2D eigenvalue weighted by molar-refractivity contribution is 7.97. The monoisotopic (exact) mass is 601 g/mol. The Kier molecular flexibility index (Phi) is 8.98. The number of nitrogens with zero attached hydrogens (tertiary/aromatic N) is 1. The number of fused-ring (bicyclic) bond motifs is 1. The molecule has 43 heavy (non-hydrogen) atoms. The highest BCUT2D eigenvalue weighted by Crippen LogP contribution is 2.37. The van der Waals surface area contributed by atoms with Crippen molar-refractivity contribution in [2.75, 3.05) is 13.1 Å². The van der Waals surface area contributed by atoms with E-state index in [1.54, 1.807) is 12.1 Å². The van der Waals surface area contributed by atoms with Crippen molar-refractivity contribution in [2.24, 2.45) is 5.73 Å². The Hall–Kier alpha value is -3.46. The smallest absolute Gasteiger partial charge is 0.298 e. The molecule has 0 aromatic heterocycles. The van der Waals surface area contributed by atoms with Crippen LogP contribution in [0.5, 0.6) is 5.75 Å². The highest BCUT2D eigenvalue weighted by Gasteiger charge is 2.48. The quantitative estimate of drug-likeness (QED) is 0.194. The van der Waals surface area contributed by atoms with Crippen LogP contribution in [0.15, 0.2) is 95.9 Å². The average Bonchev–Trinajstić information content (AvgIpc) is 3.55. The molecular weight excluding hydrogens is 564 g/mol. The summed E-state index contributed by atoms with van der Waals surface area (Å²) in [5, 5.41) is 1.99. The molecule has 0 radical (unpaired) electrons. The molecule has 1 aliphatic carbocycles. The van der Waals surface area contributed by atoms with Crippen LogP contribution in [0.25, 0.3) is 21.9 Å². The average molecular weight is 602 g/mol. The first-order chi connectivity index (χ1) is 20.9. The molecule has 0 spiro atoms. The Bertz CT molecular complexity index is 1540. The van der Waals surface area contributed by atoms with Gasteiger partial charge in [-0.05, 0) is 96.6 Å². The van der Waals surface area contributed by atoms with Crippen molar-refractivity contribution >= 4 is 28.6 Å². The second kappa shape index (κ2) is 13.0. The van der Waals surface area contributed by atoms with Crippen LogP contribution < -0.4 is 15.2 Å². The van der Waals surface area contributed by atoms with Crippen LogP contribution in [0.3, 0.4) is 0 Å². The fourth-order valence-electron chi connectivity index (χ4n) is 5.93. The minimum atomic E-state index is -3.46.